The van der Waals surface area contributed by atoms with Crippen molar-refractivity contribution >= 4 is 12.3 Å². The van der Waals surface area contributed by atoms with Gasteiger partial charge in [0.15, 0.2) is 6.29 Å². The molecule has 0 radical (unpaired) electrons. The molecule has 0 spiro atoms. The normalized spacial score (nSPS) is 11.6. The third kappa shape index (κ3) is 5.94. The van der Waals surface area contributed by atoms with Gasteiger partial charge in [0.1, 0.15) is 5.60 Å². The first-order chi connectivity index (χ1) is 10.00. The molecule has 0 aromatic heterocycles. The highest BCUT2D eigenvalue weighted by Gasteiger charge is 2.24. The van der Waals surface area contributed by atoms with Crippen LogP contribution in [0.25, 0.3) is 0 Å². The molecule has 0 aliphatic rings. The fourth-order valence-electron chi connectivity index (χ4n) is 2.12. The molecule has 0 heterocycles. The molecule has 3 heteroatoms. The zero-order valence-corrected chi connectivity index (χ0v) is 13.1. The van der Waals surface area contributed by atoms with E-state index in [1.807, 2.05) is 26.8 Å². The van der Waals surface area contributed by atoms with Gasteiger partial charge in [0, 0.05) is 5.56 Å². The lowest BCUT2D eigenvalue weighted by atomic mass is 10.00. The summed E-state index contributed by atoms with van der Waals surface area (Å²) in [6, 6.07) is 6.70. The first kappa shape index (κ1) is 17.2. The van der Waals surface area contributed by atoms with Crippen molar-refractivity contribution < 1.29 is 14.3 Å². The van der Waals surface area contributed by atoms with Crippen molar-refractivity contribution in [2.45, 2.75) is 52.1 Å². The Morgan fingerprint density at radius 1 is 1.24 bits per heavy atom. The van der Waals surface area contributed by atoms with Crippen LogP contribution >= 0.6 is 0 Å². The number of aldehydes is 1. The third-order valence-electron chi connectivity index (χ3n) is 3.31. The fraction of sp³-hybridized carbons (Fsp3) is 0.444. The summed E-state index contributed by atoms with van der Waals surface area (Å²) in [5.74, 6) is -0.434. The predicted molar refractivity (Wildman–Crippen MR) is 84.6 cm³/mol. The van der Waals surface area contributed by atoms with Crippen molar-refractivity contribution in [1.29, 1.82) is 0 Å². The summed E-state index contributed by atoms with van der Waals surface area (Å²) in [6.45, 7) is 5.82. The summed E-state index contributed by atoms with van der Waals surface area (Å²) in [4.78, 5) is 23.1. The molecule has 0 unspecified atom stereocenters. The van der Waals surface area contributed by atoms with Gasteiger partial charge in [-0.25, -0.2) is 4.79 Å². The molecule has 0 amide bonds. The fourth-order valence-corrected chi connectivity index (χ4v) is 2.12. The summed E-state index contributed by atoms with van der Waals surface area (Å²) < 4.78 is 5.56. The Morgan fingerprint density at radius 3 is 2.62 bits per heavy atom. The van der Waals surface area contributed by atoms with Crippen LogP contribution in [0.1, 0.15) is 67.2 Å². The first-order valence-corrected chi connectivity index (χ1v) is 7.39. The van der Waals surface area contributed by atoms with Gasteiger partial charge < -0.3 is 4.74 Å². The van der Waals surface area contributed by atoms with Gasteiger partial charge in [-0.05, 0) is 52.5 Å². The highest BCUT2D eigenvalue weighted by molar-refractivity contribution is 5.98. The quantitative estimate of drug-likeness (QED) is 0.304. The molecule has 114 valence electrons. The van der Waals surface area contributed by atoms with E-state index in [-0.39, 0.29) is 0 Å². The predicted octanol–water partition coefficient (Wildman–Crippen LogP) is 4.57. The van der Waals surface area contributed by atoms with Gasteiger partial charge in [0.05, 0.1) is 5.56 Å². The Bertz CT molecular complexity index is 501. The molecule has 0 saturated carbocycles. The summed E-state index contributed by atoms with van der Waals surface area (Å²) in [6.07, 6.45) is 8.80. The summed E-state index contributed by atoms with van der Waals surface area (Å²) in [7, 11) is 0. The van der Waals surface area contributed by atoms with E-state index < -0.39 is 11.6 Å². The van der Waals surface area contributed by atoms with E-state index in [2.05, 4.69) is 6.08 Å². The second-order valence-corrected chi connectivity index (χ2v) is 5.67. The van der Waals surface area contributed by atoms with Gasteiger partial charge in [0.25, 0.3) is 0 Å². The number of rotatable bonds is 8. The smallest absolute Gasteiger partial charge is 0.339 e. The zero-order valence-electron chi connectivity index (χ0n) is 13.1. The van der Waals surface area contributed by atoms with Crippen molar-refractivity contribution in [3.8, 4) is 0 Å². The number of esters is 1. The minimum Gasteiger partial charge on any atom is -0.456 e. The van der Waals surface area contributed by atoms with Crippen LogP contribution in [0.5, 0.6) is 0 Å². The molecule has 0 fully saturated rings. The molecular formula is C18H24O3. The van der Waals surface area contributed by atoms with Crippen LogP contribution in [0.15, 0.2) is 36.4 Å². The molecular weight excluding hydrogens is 264 g/mol. The molecule has 0 N–H and O–H groups in total. The van der Waals surface area contributed by atoms with Gasteiger partial charge in [-0.3, -0.25) is 4.79 Å². The van der Waals surface area contributed by atoms with Crippen molar-refractivity contribution in [3.63, 3.8) is 0 Å². The number of carbonyl (C=O) groups is 2. The van der Waals surface area contributed by atoms with Gasteiger partial charge in [0.2, 0.25) is 0 Å². The number of hydrogen-bond donors (Lipinski definition) is 0. The molecule has 0 bridgehead atoms. The lowest BCUT2D eigenvalue weighted by Crippen LogP contribution is -2.28. The lowest BCUT2D eigenvalue weighted by molar-refractivity contribution is -0.00552. The third-order valence-corrected chi connectivity index (χ3v) is 3.31. The molecule has 1 aromatic rings. The maximum atomic E-state index is 12.2. The minimum atomic E-state index is -0.525. The molecule has 1 rings (SSSR count). The second kappa shape index (κ2) is 8.40. The van der Waals surface area contributed by atoms with E-state index in [9.17, 15) is 9.59 Å². The summed E-state index contributed by atoms with van der Waals surface area (Å²) in [5, 5.41) is 0. The van der Waals surface area contributed by atoms with Crippen molar-refractivity contribution in [1.82, 2.24) is 0 Å². The van der Waals surface area contributed by atoms with E-state index in [0.29, 0.717) is 17.4 Å². The zero-order chi connectivity index (χ0) is 15.7. The Kier molecular flexibility index (Phi) is 6.86. The Labute approximate surface area is 127 Å². The largest absolute Gasteiger partial charge is 0.456 e. The number of ether oxygens (including phenoxy) is 1. The number of allylic oxidation sites excluding steroid dienone is 2. The molecule has 1 aromatic carbocycles. The summed E-state index contributed by atoms with van der Waals surface area (Å²) >= 11 is 0. The highest BCUT2D eigenvalue weighted by atomic mass is 16.6. The molecule has 21 heavy (non-hydrogen) atoms. The first-order valence-electron chi connectivity index (χ1n) is 7.39. The number of benzene rings is 1. The van der Waals surface area contributed by atoms with Crippen LogP contribution < -0.4 is 0 Å². The SMILES string of the molecule is C/C=C/CCCCC(C)(C)OC(=O)c1ccccc1C=O. The minimum absolute atomic E-state index is 0.328. The monoisotopic (exact) mass is 288 g/mol. The average Bonchev–Trinajstić information content (AvgIpc) is 2.46. The van der Waals surface area contributed by atoms with Crippen LogP contribution in [0, 0.1) is 0 Å². The number of carbonyl (C=O) groups excluding carboxylic acids is 2. The van der Waals surface area contributed by atoms with Gasteiger partial charge >= 0.3 is 5.97 Å². The standard InChI is InChI=1S/C18H24O3/c1-4-5-6-7-10-13-18(2,3)21-17(20)16-12-9-8-11-15(16)14-19/h4-5,8-9,11-12,14H,6-7,10,13H2,1-3H3/b5-4+. The maximum Gasteiger partial charge on any atom is 0.339 e. The average molecular weight is 288 g/mol. The summed E-state index contributed by atoms with van der Waals surface area (Å²) in [5.41, 5.74) is 0.170. The molecule has 0 saturated heterocycles. The van der Waals surface area contributed by atoms with E-state index >= 15 is 0 Å². The molecule has 0 atom stereocenters. The van der Waals surface area contributed by atoms with Crippen LogP contribution in [0.2, 0.25) is 0 Å². The topological polar surface area (TPSA) is 43.4 Å². The number of hydrogen-bond acceptors (Lipinski definition) is 3. The van der Waals surface area contributed by atoms with Gasteiger partial charge in [-0.15, -0.1) is 0 Å². The van der Waals surface area contributed by atoms with Crippen LogP contribution in [-0.4, -0.2) is 17.9 Å². The van der Waals surface area contributed by atoms with Crippen LogP contribution in [-0.2, 0) is 4.74 Å². The molecule has 3 nitrogen and oxygen atoms in total. The lowest BCUT2D eigenvalue weighted by Gasteiger charge is -2.25. The second-order valence-electron chi connectivity index (χ2n) is 5.67. The van der Waals surface area contributed by atoms with Crippen LogP contribution in [0.3, 0.4) is 0 Å². The van der Waals surface area contributed by atoms with E-state index in [1.54, 1.807) is 24.3 Å². The van der Waals surface area contributed by atoms with E-state index in [0.717, 1.165) is 25.7 Å². The Balaban J connectivity index is 2.57. The van der Waals surface area contributed by atoms with Gasteiger partial charge in [-0.2, -0.15) is 0 Å². The Morgan fingerprint density at radius 2 is 1.95 bits per heavy atom. The highest BCUT2D eigenvalue weighted by Crippen LogP contribution is 2.21. The Hall–Kier alpha value is -1.90. The van der Waals surface area contributed by atoms with Gasteiger partial charge in [-0.1, -0.05) is 30.4 Å². The van der Waals surface area contributed by atoms with Crippen LogP contribution in [0.4, 0.5) is 0 Å². The molecule has 0 aliphatic heterocycles. The van der Waals surface area contributed by atoms with Crippen molar-refractivity contribution in [3.05, 3.63) is 47.5 Å². The molecule has 0 aliphatic carbocycles. The van der Waals surface area contributed by atoms with Crippen molar-refractivity contribution in [2.75, 3.05) is 0 Å². The van der Waals surface area contributed by atoms with E-state index in [1.165, 1.54) is 0 Å². The van der Waals surface area contributed by atoms with E-state index in [4.69, 9.17) is 4.74 Å². The number of unbranched alkanes of at least 4 members (excludes halogenated alkanes) is 2. The van der Waals surface area contributed by atoms with Crippen molar-refractivity contribution in [2.24, 2.45) is 0 Å². The maximum absolute atomic E-state index is 12.2.